The second kappa shape index (κ2) is 18.2. The highest BCUT2D eigenvalue weighted by atomic mass is 16.4. The van der Waals surface area contributed by atoms with Crippen LogP contribution >= 0.6 is 0 Å². The molecule has 20 heteroatoms. The molecule has 0 aromatic heterocycles. The van der Waals surface area contributed by atoms with E-state index in [4.69, 9.17) is 27.4 Å². The highest BCUT2D eigenvalue weighted by Crippen LogP contribution is 2.04. The summed E-state index contributed by atoms with van der Waals surface area (Å²) in [6.45, 7) is 2.50. The van der Waals surface area contributed by atoms with Gasteiger partial charge in [0.1, 0.15) is 36.3 Å². The molecule has 0 rings (SSSR count). The first kappa shape index (κ1) is 38.6. The van der Waals surface area contributed by atoms with E-state index in [9.17, 15) is 48.6 Å². The van der Waals surface area contributed by atoms with Crippen LogP contribution in [0.15, 0.2) is 0 Å². The normalized spacial score (nSPS) is 16.4. The highest BCUT2D eigenvalue weighted by Gasteiger charge is 2.35. The van der Waals surface area contributed by atoms with Crippen molar-refractivity contribution >= 4 is 47.3 Å². The van der Waals surface area contributed by atoms with Crippen molar-refractivity contribution in [3.05, 3.63) is 0 Å². The number of carbonyl (C=O) groups excluding carboxylic acids is 7. The Labute approximate surface area is 245 Å². The Morgan fingerprint density at radius 3 is 1.51 bits per heavy atom. The number of amides is 7. The zero-order valence-electron chi connectivity index (χ0n) is 23.7. The average molecular weight is 621 g/mol. The molecule has 7 amide bonds. The fourth-order valence-electron chi connectivity index (χ4n) is 3.27. The summed E-state index contributed by atoms with van der Waals surface area (Å²) in [6.07, 6.45) is -4.86. The first-order valence-corrected chi connectivity index (χ1v) is 12.9. The maximum atomic E-state index is 13.0. The van der Waals surface area contributed by atoms with Gasteiger partial charge in [-0.15, -0.1) is 0 Å². The number of carboxylic acids is 1. The van der Waals surface area contributed by atoms with Gasteiger partial charge in [0.2, 0.25) is 41.4 Å². The molecule has 0 unspecified atom stereocenters. The van der Waals surface area contributed by atoms with E-state index in [2.05, 4.69) is 21.3 Å². The summed E-state index contributed by atoms with van der Waals surface area (Å²) < 4.78 is 0. The van der Waals surface area contributed by atoms with E-state index in [1.165, 1.54) is 0 Å². The number of aliphatic carboxylic acids is 1. The summed E-state index contributed by atoms with van der Waals surface area (Å²) in [4.78, 5) is 97.3. The number of carboxylic acid groups (broad SMARTS) is 1. The summed E-state index contributed by atoms with van der Waals surface area (Å²) in [6, 6.07) is -9.75. The van der Waals surface area contributed by atoms with Crippen molar-refractivity contribution in [1.82, 2.24) is 26.6 Å². The van der Waals surface area contributed by atoms with Gasteiger partial charge in [-0.2, -0.15) is 0 Å². The van der Waals surface area contributed by atoms with Crippen molar-refractivity contribution in [3.8, 4) is 0 Å². The van der Waals surface area contributed by atoms with Crippen LogP contribution in [0.1, 0.15) is 40.0 Å². The SMILES string of the molecule is C[C@H](NC(=O)[C@@H](NC(=O)[C@@H](NC(=O)[C@H](CC(N)=O)NC(=O)[C@H](CCC(N)=O)NC(=O)[C@@H](N)CO)[C@@H](C)O)[C@@H](C)O)C(=O)O. The lowest BCUT2D eigenvalue weighted by Crippen LogP contribution is -2.63. The van der Waals surface area contributed by atoms with E-state index >= 15 is 0 Å². The standard InChI is InChI=1S/C23H40N8O12/c1-8(23(42)43)27-21(40)16(9(2)33)31-22(41)17(10(3)34)30-20(39)13(6-15(26)36)29-19(38)12(4-5-14(25)35)28-18(37)11(24)7-32/h8-13,16-17,32-34H,4-7,24H2,1-3H3,(H2,25,35)(H2,26,36)(H,27,40)(H,28,37)(H,29,38)(H,30,39)(H,31,41)(H,42,43)/t8-,9+,10+,11-,12-,13-,16-,17-/m0/s1. The molecule has 43 heavy (non-hydrogen) atoms. The lowest BCUT2D eigenvalue weighted by Gasteiger charge is -2.28. The molecule has 244 valence electrons. The zero-order chi connectivity index (χ0) is 33.6. The van der Waals surface area contributed by atoms with Crippen molar-refractivity contribution < 1.29 is 58.8 Å². The van der Waals surface area contributed by atoms with Crippen molar-refractivity contribution in [3.63, 3.8) is 0 Å². The number of nitrogens with two attached hydrogens (primary N) is 3. The predicted octanol–water partition coefficient (Wildman–Crippen LogP) is -7.26. The molecule has 0 aromatic rings. The Kier molecular flexibility index (Phi) is 16.3. The van der Waals surface area contributed by atoms with Crippen LogP contribution in [0.2, 0.25) is 0 Å². The van der Waals surface area contributed by atoms with Gasteiger partial charge in [-0.3, -0.25) is 38.4 Å². The van der Waals surface area contributed by atoms with Crippen LogP contribution in [0.4, 0.5) is 0 Å². The molecule has 20 nitrogen and oxygen atoms in total. The summed E-state index contributed by atoms with van der Waals surface area (Å²) in [5.74, 6) is -9.03. The van der Waals surface area contributed by atoms with Crippen molar-refractivity contribution in [2.24, 2.45) is 17.2 Å². The molecule has 0 bridgehead atoms. The number of aliphatic hydroxyl groups is 3. The number of carbonyl (C=O) groups is 8. The second-order valence-electron chi connectivity index (χ2n) is 9.61. The third-order valence-electron chi connectivity index (χ3n) is 5.74. The quantitative estimate of drug-likeness (QED) is 0.0639. The number of rotatable bonds is 19. The first-order chi connectivity index (χ1) is 19.8. The first-order valence-electron chi connectivity index (χ1n) is 12.9. The van der Waals surface area contributed by atoms with Crippen LogP contribution < -0.4 is 43.8 Å². The maximum Gasteiger partial charge on any atom is 0.325 e. The minimum absolute atomic E-state index is 0.377. The predicted molar refractivity (Wildman–Crippen MR) is 144 cm³/mol. The number of aliphatic hydroxyl groups excluding tert-OH is 3. The van der Waals surface area contributed by atoms with Crippen LogP contribution in [0.5, 0.6) is 0 Å². The lowest BCUT2D eigenvalue weighted by molar-refractivity contribution is -0.142. The van der Waals surface area contributed by atoms with Gasteiger partial charge in [-0.05, 0) is 27.2 Å². The monoisotopic (exact) mass is 620 g/mol. The Bertz CT molecular complexity index is 1050. The molecular weight excluding hydrogens is 580 g/mol. The van der Waals surface area contributed by atoms with Crippen LogP contribution in [-0.2, 0) is 38.4 Å². The van der Waals surface area contributed by atoms with Gasteiger partial charge in [-0.25, -0.2) is 0 Å². The number of hydrogen-bond acceptors (Lipinski definition) is 12. The van der Waals surface area contributed by atoms with Crippen molar-refractivity contribution in [2.75, 3.05) is 6.61 Å². The van der Waals surface area contributed by atoms with Gasteiger partial charge in [-0.1, -0.05) is 0 Å². The molecule has 0 aromatic carbocycles. The molecule has 8 atom stereocenters. The van der Waals surface area contributed by atoms with E-state index in [0.29, 0.717) is 0 Å². The van der Waals surface area contributed by atoms with E-state index in [1.54, 1.807) is 0 Å². The molecule has 0 radical (unpaired) electrons. The van der Waals surface area contributed by atoms with E-state index in [0.717, 1.165) is 20.8 Å². The smallest absolute Gasteiger partial charge is 0.325 e. The van der Waals surface area contributed by atoms with Crippen LogP contribution in [-0.4, -0.2) is 123 Å². The van der Waals surface area contributed by atoms with Gasteiger partial charge < -0.3 is 64.2 Å². The summed E-state index contributed by atoms with van der Waals surface area (Å²) in [7, 11) is 0. The molecule has 0 aliphatic heterocycles. The minimum Gasteiger partial charge on any atom is -0.480 e. The minimum atomic E-state index is -1.85. The Morgan fingerprint density at radius 1 is 0.651 bits per heavy atom. The van der Waals surface area contributed by atoms with Gasteiger partial charge in [0.15, 0.2) is 0 Å². The fraction of sp³-hybridized carbons (Fsp3) is 0.652. The van der Waals surface area contributed by atoms with Crippen molar-refractivity contribution in [2.45, 2.75) is 88.5 Å². The number of primary amides is 2. The zero-order valence-corrected chi connectivity index (χ0v) is 23.7. The van der Waals surface area contributed by atoms with Gasteiger partial charge in [0.05, 0.1) is 25.2 Å². The average Bonchev–Trinajstić information content (AvgIpc) is 2.90. The molecule has 0 fully saturated rings. The van der Waals surface area contributed by atoms with Crippen molar-refractivity contribution in [1.29, 1.82) is 0 Å². The number of nitrogens with one attached hydrogen (secondary N) is 5. The summed E-state index contributed by atoms with van der Waals surface area (Å²) >= 11 is 0. The molecule has 0 heterocycles. The van der Waals surface area contributed by atoms with E-state index in [1.807, 2.05) is 5.32 Å². The Hall–Kier alpha value is -4.40. The number of hydrogen-bond donors (Lipinski definition) is 12. The van der Waals surface area contributed by atoms with Crippen LogP contribution in [0, 0.1) is 0 Å². The Balaban J connectivity index is 5.93. The molecule has 0 saturated heterocycles. The second-order valence-corrected chi connectivity index (χ2v) is 9.61. The van der Waals surface area contributed by atoms with E-state index < -0.39 is 115 Å². The van der Waals surface area contributed by atoms with Gasteiger partial charge in [0.25, 0.3) is 0 Å². The van der Waals surface area contributed by atoms with Gasteiger partial charge in [0, 0.05) is 6.42 Å². The Morgan fingerprint density at radius 2 is 1.09 bits per heavy atom. The lowest BCUT2D eigenvalue weighted by atomic mass is 10.1. The third-order valence-corrected chi connectivity index (χ3v) is 5.74. The molecular formula is C23H40N8O12. The van der Waals surface area contributed by atoms with Gasteiger partial charge >= 0.3 is 5.97 Å². The van der Waals surface area contributed by atoms with E-state index in [-0.39, 0.29) is 6.42 Å². The highest BCUT2D eigenvalue weighted by molar-refractivity contribution is 5.98. The third kappa shape index (κ3) is 13.9. The summed E-state index contributed by atoms with van der Waals surface area (Å²) in [5.41, 5.74) is 15.7. The fourth-order valence-corrected chi connectivity index (χ4v) is 3.27. The topological polar surface area (TPSA) is 356 Å². The largest absolute Gasteiger partial charge is 0.480 e. The molecule has 0 saturated carbocycles. The van der Waals surface area contributed by atoms with Crippen LogP contribution in [0.25, 0.3) is 0 Å². The molecule has 0 spiro atoms. The summed E-state index contributed by atoms with van der Waals surface area (Å²) in [5, 5.41) is 48.7. The molecule has 0 aliphatic carbocycles. The molecule has 0 aliphatic rings. The maximum absolute atomic E-state index is 13.0. The molecule has 15 N–H and O–H groups in total. The van der Waals surface area contributed by atoms with Crippen LogP contribution in [0.3, 0.4) is 0 Å².